The van der Waals surface area contributed by atoms with Crippen molar-refractivity contribution in [3.8, 4) is 39.6 Å². The van der Waals surface area contributed by atoms with Gasteiger partial charge in [-0.2, -0.15) is 0 Å². The van der Waals surface area contributed by atoms with Crippen LogP contribution >= 0.6 is 0 Å². The Balaban J connectivity index is 1.15. The lowest BCUT2D eigenvalue weighted by molar-refractivity contribution is 0.575. The highest BCUT2D eigenvalue weighted by atomic mass is 16.3. The summed E-state index contributed by atoms with van der Waals surface area (Å²) in [4.78, 5) is 25.0. The van der Waals surface area contributed by atoms with Crippen molar-refractivity contribution < 1.29 is 4.42 Å². The van der Waals surface area contributed by atoms with E-state index < -0.39 is 0 Å². The Kier molecular flexibility index (Phi) is 9.49. The van der Waals surface area contributed by atoms with Gasteiger partial charge >= 0.3 is 0 Å². The summed E-state index contributed by atoms with van der Waals surface area (Å²) in [7, 11) is 0. The molecule has 0 amide bonds. The summed E-state index contributed by atoms with van der Waals surface area (Å²) in [5, 5.41) is 2.79. The average Bonchev–Trinajstić information content (AvgIpc) is 3.90. The van der Waals surface area contributed by atoms with Gasteiger partial charge in [-0.3, -0.25) is 9.56 Å². The van der Waals surface area contributed by atoms with Gasteiger partial charge in [0, 0.05) is 50.4 Å². The smallest absolute Gasteiger partial charge is 0.164 e. The van der Waals surface area contributed by atoms with Gasteiger partial charge in [-0.05, 0) is 84.4 Å². The number of hydrogen-bond acceptors (Lipinski definition) is 6. The molecule has 0 fully saturated rings. The van der Waals surface area contributed by atoms with Crippen molar-refractivity contribution in [1.29, 1.82) is 0 Å². The van der Waals surface area contributed by atoms with Gasteiger partial charge in [0.1, 0.15) is 16.7 Å². The quantitative estimate of drug-likeness (QED) is 0.144. The number of nitrogens with zero attached hydrogens (tertiary/aromatic N) is 6. The first-order valence-corrected chi connectivity index (χ1v) is 20.5. The van der Waals surface area contributed by atoms with Crippen LogP contribution in [0.2, 0.25) is 0 Å². The van der Waals surface area contributed by atoms with Gasteiger partial charge < -0.3 is 4.42 Å². The SMILES string of the molecule is C=Nc1c(/N=C2\Cc3ccccc3C2(C)C)n(-c2ccccc2)c2ccc(-c3ccc4o/c(=C/C=C\C)c(=Cc5nc(-c6ccccc6)nc(-c6ccccc6)n5)c4c3)cc12. The molecule has 0 atom stereocenters. The first-order valence-electron chi connectivity index (χ1n) is 20.5. The average molecular weight is 791 g/mol. The van der Waals surface area contributed by atoms with E-state index >= 15 is 0 Å². The molecule has 7 heteroatoms. The summed E-state index contributed by atoms with van der Waals surface area (Å²) in [6, 6.07) is 51.9. The second-order valence-corrected chi connectivity index (χ2v) is 15.8. The van der Waals surface area contributed by atoms with Crippen LogP contribution in [-0.2, 0) is 11.8 Å². The predicted molar refractivity (Wildman–Crippen MR) is 251 cm³/mol. The third-order valence-electron chi connectivity index (χ3n) is 11.6. The van der Waals surface area contributed by atoms with Crippen molar-refractivity contribution in [2.45, 2.75) is 32.6 Å². The highest BCUT2D eigenvalue weighted by Crippen LogP contribution is 2.45. The monoisotopic (exact) mass is 790 g/mol. The van der Waals surface area contributed by atoms with Crippen molar-refractivity contribution in [3.63, 3.8) is 0 Å². The van der Waals surface area contributed by atoms with Crippen LogP contribution in [0.4, 0.5) is 11.5 Å². The molecular formula is C54H42N6O. The molecule has 6 aromatic carbocycles. The van der Waals surface area contributed by atoms with E-state index in [2.05, 4.69) is 104 Å². The lowest BCUT2D eigenvalue weighted by atomic mass is 9.85. The molecule has 0 N–H and O–H groups in total. The molecule has 0 aliphatic heterocycles. The number of aliphatic imine (C=N–C) groups is 2. The number of furan rings is 1. The highest BCUT2D eigenvalue weighted by molar-refractivity contribution is 6.07. The molecule has 3 aromatic heterocycles. The molecule has 9 aromatic rings. The summed E-state index contributed by atoms with van der Waals surface area (Å²) in [6.45, 7) is 10.6. The molecule has 1 aliphatic rings. The molecule has 0 bridgehead atoms. The van der Waals surface area contributed by atoms with Crippen molar-refractivity contribution in [1.82, 2.24) is 19.5 Å². The summed E-state index contributed by atoms with van der Waals surface area (Å²) >= 11 is 0. The van der Waals surface area contributed by atoms with E-state index in [0.29, 0.717) is 22.9 Å². The molecule has 61 heavy (non-hydrogen) atoms. The number of para-hydroxylation sites is 1. The molecule has 0 spiro atoms. The lowest BCUT2D eigenvalue weighted by Gasteiger charge is -2.21. The Labute approximate surface area is 354 Å². The van der Waals surface area contributed by atoms with Gasteiger partial charge in [0.2, 0.25) is 0 Å². The Hall–Kier alpha value is -7.77. The van der Waals surface area contributed by atoms with E-state index in [0.717, 1.165) is 78.7 Å². The van der Waals surface area contributed by atoms with Crippen LogP contribution in [0.5, 0.6) is 0 Å². The molecule has 3 heterocycles. The van der Waals surface area contributed by atoms with Gasteiger partial charge in [0.05, 0.1) is 5.52 Å². The molecule has 0 radical (unpaired) electrons. The molecule has 294 valence electrons. The lowest BCUT2D eigenvalue weighted by Crippen LogP contribution is -2.24. The topological polar surface area (TPSA) is 81.5 Å². The van der Waals surface area contributed by atoms with E-state index in [9.17, 15) is 0 Å². The fraction of sp³-hybridized carbons (Fsp3) is 0.0926. The van der Waals surface area contributed by atoms with Gasteiger partial charge in [0.15, 0.2) is 23.3 Å². The summed E-state index contributed by atoms with van der Waals surface area (Å²) in [6.07, 6.45) is 8.74. The summed E-state index contributed by atoms with van der Waals surface area (Å²) in [5.74, 6) is 2.50. The maximum absolute atomic E-state index is 6.52. The molecule has 0 saturated carbocycles. The molecule has 1 aliphatic carbocycles. The minimum absolute atomic E-state index is 0.233. The maximum atomic E-state index is 6.52. The third kappa shape index (κ3) is 6.80. The number of aromatic nitrogens is 4. The number of rotatable bonds is 8. The van der Waals surface area contributed by atoms with E-state index in [-0.39, 0.29) is 5.41 Å². The van der Waals surface area contributed by atoms with Gasteiger partial charge in [-0.1, -0.05) is 141 Å². The largest absolute Gasteiger partial charge is 0.456 e. The Bertz CT molecular complexity index is 3260. The molecule has 0 unspecified atom stereocenters. The maximum Gasteiger partial charge on any atom is 0.164 e. The van der Waals surface area contributed by atoms with Gasteiger partial charge in [0.25, 0.3) is 0 Å². The van der Waals surface area contributed by atoms with Crippen molar-refractivity contribution in [3.05, 3.63) is 191 Å². The highest BCUT2D eigenvalue weighted by Gasteiger charge is 2.36. The van der Waals surface area contributed by atoms with Crippen LogP contribution < -0.4 is 10.6 Å². The molecule has 0 saturated heterocycles. The van der Waals surface area contributed by atoms with Crippen molar-refractivity contribution >= 4 is 58.0 Å². The van der Waals surface area contributed by atoms with Crippen molar-refractivity contribution in [2.24, 2.45) is 9.98 Å². The van der Waals surface area contributed by atoms with Crippen LogP contribution in [0.3, 0.4) is 0 Å². The zero-order valence-corrected chi connectivity index (χ0v) is 34.2. The van der Waals surface area contributed by atoms with E-state index in [1.165, 1.54) is 11.1 Å². The fourth-order valence-corrected chi connectivity index (χ4v) is 8.48. The van der Waals surface area contributed by atoms with Crippen LogP contribution in [0.1, 0.15) is 37.7 Å². The molecule has 7 nitrogen and oxygen atoms in total. The van der Waals surface area contributed by atoms with Gasteiger partial charge in [-0.25, -0.2) is 19.9 Å². The standard InChI is InChI=1S/C54H42N6O/c1-5-6-26-46-42(34-49-57-51(35-18-10-7-11-19-35)59-52(58-49)36-20-12-8-13-21-36)41-31-38(28-30-47(41)61-46)37-27-29-45-43(32-37)50(55-4)53(60(45)40-23-14-9-15-24-40)56-48-33-39-22-16-17-25-44(39)54(48,2)3/h5-32,34H,4,33H2,1-3H3/b6-5-,42-34?,46-26+,56-48+. The fourth-order valence-electron chi connectivity index (χ4n) is 8.48. The minimum atomic E-state index is -0.233. The van der Waals surface area contributed by atoms with Gasteiger partial charge in [-0.15, -0.1) is 0 Å². The Morgan fingerprint density at radius 3 is 1.97 bits per heavy atom. The van der Waals surface area contributed by atoms with E-state index in [1.807, 2.05) is 104 Å². The Morgan fingerprint density at radius 2 is 1.31 bits per heavy atom. The number of hydrogen-bond donors (Lipinski definition) is 0. The van der Waals surface area contributed by atoms with Crippen LogP contribution in [0, 0.1) is 0 Å². The number of allylic oxidation sites excluding steroid dienone is 2. The van der Waals surface area contributed by atoms with Crippen molar-refractivity contribution in [2.75, 3.05) is 0 Å². The third-order valence-corrected chi connectivity index (χ3v) is 11.6. The summed E-state index contributed by atoms with van der Waals surface area (Å²) in [5.41, 5.74) is 11.6. The summed E-state index contributed by atoms with van der Waals surface area (Å²) < 4.78 is 8.74. The van der Waals surface area contributed by atoms with Crippen LogP contribution in [0.15, 0.2) is 178 Å². The first kappa shape index (κ1) is 37.5. The minimum Gasteiger partial charge on any atom is -0.456 e. The van der Waals surface area contributed by atoms with Crippen LogP contribution in [0.25, 0.3) is 73.6 Å². The molecule has 10 rings (SSSR count). The normalized spacial score (nSPS) is 14.8. The predicted octanol–water partition coefficient (Wildman–Crippen LogP) is 11.7. The second-order valence-electron chi connectivity index (χ2n) is 15.8. The second kappa shape index (κ2) is 15.4. The number of fused-ring (bicyclic) bond motifs is 3. The zero-order valence-electron chi connectivity index (χ0n) is 34.2. The van der Waals surface area contributed by atoms with Crippen LogP contribution in [-0.4, -0.2) is 31.9 Å². The Morgan fingerprint density at radius 1 is 0.689 bits per heavy atom. The van der Waals surface area contributed by atoms with E-state index in [1.54, 1.807) is 0 Å². The molecular weight excluding hydrogens is 749 g/mol. The number of benzene rings is 6. The zero-order chi connectivity index (χ0) is 41.5. The first-order chi connectivity index (χ1) is 29.9. The van der Waals surface area contributed by atoms with E-state index in [4.69, 9.17) is 29.4 Å².